The molecule has 0 aromatic carbocycles. The molecule has 0 aliphatic carbocycles. The highest BCUT2D eigenvalue weighted by Gasteiger charge is 2.20. The van der Waals surface area contributed by atoms with Crippen LogP contribution in [0.5, 0.6) is 0 Å². The van der Waals surface area contributed by atoms with E-state index in [-0.39, 0.29) is 24.3 Å². The van der Waals surface area contributed by atoms with Crippen LogP contribution < -0.4 is 10.6 Å². The van der Waals surface area contributed by atoms with Crippen LogP contribution in [0.15, 0.2) is 6.33 Å². The summed E-state index contributed by atoms with van der Waals surface area (Å²) in [5, 5.41) is 9.59. The van der Waals surface area contributed by atoms with Crippen LogP contribution in [0, 0.1) is 5.92 Å². The Morgan fingerprint density at radius 2 is 2.10 bits per heavy atom. The van der Waals surface area contributed by atoms with E-state index in [4.69, 9.17) is 0 Å². The second kappa shape index (κ2) is 7.62. The molecule has 1 aromatic rings. The van der Waals surface area contributed by atoms with Crippen molar-refractivity contribution >= 4 is 11.8 Å². The molecule has 7 heteroatoms. The fourth-order valence-corrected chi connectivity index (χ4v) is 1.94. The molecule has 0 aliphatic rings. The van der Waals surface area contributed by atoms with E-state index in [9.17, 15) is 9.59 Å². The maximum Gasteiger partial charge on any atom is 0.222 e. The number of hydrogen-bond donors (Lipinski definition) is 2. The van der Waals surface area contributed by atoms with E-state index in [0.29, 0.717) is 12.5 Å². The van der Waals surface area contributed by atoms with Gasteiger partial charge in [0.25, 0.3) is 0 Å². The van der Waals surface area contributed by atoms with Gasteiger partial charge in [-0.3, -0.25) is 14.3 Å². The second-order valence-corrected chi connectivity index (χ2v) is 5.22. The third-order valence-electron chi connectivity index (χ3n) is 2.83. The van der Waals surface area contributed by atoms with Gasteiger partial charge in [-0.2, -0.15) is 5.10 Å². The molecule has 1 atom stereocenters. The summed E-state index contributed by atoms with van der Waals surface area (Å²) in [6.07, 6.45) is 2.52. The molecule has 112 valence electrons. The third-order valence-corrected chi connectivity index (χ3v) is 2.83. The van der Waals surface area contributed by atoms with Gasteiger partial charge in [-0.05, 0) is 12.3 Å². The number of amides is 2. The number of aromatic nitrogens is 3. The van der Waals surface area contributed by atoms with Crippen molar-refractivity contribution in [2.75, 3.05) is 6.54 Å². The molecular weight excluding hydrogens is 258 g/mol. The molecule has 2 amide bonds. The Morgan fingerprint density at radius 1 is 1.40 bits per heavy atom. The molecule has 0 saturated heterocycles. The van der Waals surface area contributed by atoms with Crippen molar-refractivity contribution in [3.63, 3.8) is 0 Å². The van der Waals surface area contributed by atoms with Gasteiger partial charge < -0.3 is 10.6 Å². The first-order valence-corrected chi connectivity index (χ1v) is 6.77. The number of aryl methyl sites for hydroxylation is 1. The summed E-state index contributed by atoms with van der Waals surface area (Å²) in [5.74, 6) is 0.927. The number of hydrogen-bond acceptors (Lipinski definition) is 4. The van der Waals surface area contributed by atoms with Crippen molar-refractivity contribution in [1.82, 2.24) is 25.4 Å². The first-order valence-electron chi connectivity index (χ1n) is 6.77. The lowest BCUT2D eigenvalue weighted by molar-refractivity contribution is -0.122. The molecule has 2 N–H and O–H groups in total. The molecule has 0 aliphatic heterocycles. The monoisotopic (exact) mass is 281 g/mol. The van der Waals surface area contributed by atoms with Gasteiger partial charge in [0.1, 0.15) is 12.2 Å². The van der Waals surface area contributed by atoms with Gasteiger partial charge in [0.15, 0.2) is 0 Å². The number of rotatable bonds is 7. The maximum absolute atomic E-state index is 11.9. The lowest BCUT2D eigenvalue weighted by atomic mass is 10.0. The minimum absolute atomic E-state index is 0.104. The smallest absolute Gasteiger partial charge is 0.222 e. The van der Waals surface area contributed by atoms with E-state index in [1.54, 1.807) is 11.7 Å². The zero-order valence-electron chi connectivity index (χ0n) is 12.5. The first kappa shape index (κ1) is 16.1. The van der Waals surface area contributed by atoms with Crippen molar-refractivity contribution in [2.24, 2.45) is 13.0 Å². The normalized spacial score (nSPS) is 12.2. The Hall–Kier alpha value is -1.92. The lowest BCUT2D eigenvalue weighted by Crippen LogP contribution is -2.34. The molecular formula is C13H23N5O2. The second-order valence-electron chi connectivity index (χ2n) is 5.22. The summed E-state index contributed by atoms with van der Waals surface area (Å²) >= 11 is 0. The Morgan fingerprint density at radius 3 is 2.60 bits per heavy atom. The zero-order valence-corrected chi connectivity index (χ0v) is 12.5. The maximum atomic E-state index is 11.9. The molecule has 1 unspecified atom stereocenters. The van der Waals surface area contributed by atoms with Crippen molar-refractivity contribution in [3.05, 3.63) is 12.2 Å². The van der Waals surface area contributed by atoms with Gasteiger partial charge in [0.2, 0.25) is 11.8 Å². The number of carbonyl (C=O) groups excluding carboxylic acids is 2. The van der Waals surface area contributed by atoms with Crippen molar-refractivity contribution in [3.8, 4) is 0 Å². The molecule has 20 heavy (non-hydrogen) atoms. The van der Waals surface area contributed by atoms with Gasteiger partial charge in [0.05, 0.1) is 6.04 Å². The molecule has 0 bridgehead atoms. The quantitative estimate of drug-likeness (QED) is 0.763. The standard InChI is InChI=1S/C13H23N5O2/c1-9(2)7-11(13-15-8-16-18(13)4)17-12(20)5-6-14-10(3)19/h8-9,11H,5-7H2,1-4H3,(H,14,19)(H,17,20). The number of carbonyl (C=O) groups is 2. The van der Waals surface area contributed by atoms with Crippen molar-refractivity contribution in [1.29, 1.82) is 0 Å². The van der Waals surface area contributed by atoms with E-state index < -0.39 is 0 Å². The Labute approximate surface area is 119 Å². The van der Waals surface area contributed by atoms with Crippen LogP contribution in [0.25, 0.3) is 0 Å². The topological polar surface area (TPSA) is 88.9 Å². The SMILES string of the molecule is CC(=O)NCCC(=O)NC(CC(C)C)c1ncnn1C. The van der Waals surface area contributed by atoms with Gasteiger partial charge in [-0.1, -0.05) is 13.8 Å². The van der Waals surface area contributed by atoms with E-state index in [1.807, 2.05) is 0 Å². The summed E-state index contributed by atoms with van der Waals surface area (Å²) in [7, 11) is 1.80. The molecule has 1 heterocycles. The molecule has 0 spiro atoms. The highest BCUT2D eigenvalue weighted by atomic mass is 16.2. The Balaban J connectivity index is 2.59. The summed E-state index contributed by atoms with van der Waals surface area (Å²) in [6.45, 7) is 5.95. The van der Waals surface area contributed by atoms with Crippen molar-refractivity contribution in [2.45, 2.75) is 39.7 Å². The van der Waals surface area contributed by atoms with Gasteiger partial charge in [0, 0.05) is 26.9 Å². The Bertz CT molecular complexity index is 455. The van der Waals surface area contributed by atoms with Crippen LogP contribution in [0.4, 0.5) is 0 Å². The van der Waals surface area contributed by atoms with E-state index in [2.05, 4.69) is 34.6 Å². The first-order chi connectivity index (χ1) is 9.40. The highest BCUT2D eigenvalue weighted by molar-refractivity contribution is 5.78. The zero-order chi connectivity index (χ0) is 15.1. The van der Waals surface area contributed by atoms with Crippen LogP contribution in [-0.2, 0) is 16.6 Å². The van der Waals surface area contributed by atoms with E-state index >= 15 is 0 Å². The third kappa shape index (κ3) is 5.38. The fourth-order valence-electron chi connectivity index (χ4n) is 1.94. The molecule has 1 rings (SSSR count). The van der Waals surface area contributed by atoms with Gasteiger partial charge >= 0.3 is 0 Å². The average molecular weight is 281 g/mol. The summed E-state index contributed by atoms with van der Waals surface area (Å²) in [4.78, 5) is 26.9. The molecule has 7 nitrogen and oxygen atoms in total. The lowest BCUT2D eigenvalue weighted by Gasteiger charge is -2.19. The van der Waals surface area contributed by atoms with Gasteiger partial charge in [-0.25, -0.2) is 4.98 Å². The van der Waals surface area contributed by atoms with Crippen LogP contribution in [0.2, 0.25) is 0 Å². The fraction of sp³-hybridized carbons (Fsp3) is 0.692. The van der Waals surface area contributed by atoms with Crippen LogP contribution in [0.1, 0.15) is 45.5 Å². The van der Waals surface area contributed by atoms with E-state index in [1.165, 1.54) is 13.3 Å². The number of nitrogens with zero attached hydrogens (tertiary/aromatic N) is 3. The summed E-state index contributed by atoms with van der Waals surface area (Å²) in [5.41, 5.74) is 0. The minimum atomic E-state index is -0.160. The Kier molecular flexibility index (Phi) is 6.14. The molecule has 0 radical (unpaired) electrons. The minimum Gasteiger partial charge on any atom is -0.356 e. The summed E-state index contributed by atoms with van der Waals surface area (Å²) < 4.78 is 1.67. The largest absolute Gasteiger partial charge is 0.356 e. The van der Waals surface area contributed by atoms with Crippen LogP contribution in [-0.4, -0.2) is 33.1 Å². The highest BCUT2D eigenvalue weighted by Crippen LogP contribution is 2.18. The van der Waals surface area contributed by atoms with Crippen LogP contribution in [0.3, 0.4) is 0 Å². The number of nitrogens with one attached hydrogen (secondary N) is 2. The predicted molar refractivity (Wildman–Crippen MR) is 74.6 cm³/mol. The predicted octanol–water partition coefficient (Wildman–Crippen LogP) is 0.545. The molecule has 0 fully saturated rings. The van der Waals surface area contributed by atoms with Gasteiger partial charge in [-0.15, -0.1) is 0 Å². The molecule has 0 saturated carbocycles. The van der Waals surface area contributed by atoms with E-state index in [0.717, 1.165) is 12.2 Å². The summed E-state index contributed by atoms with van der Waals surface area (Å²) in [6, 6.07) is -0.160. The average Bonchev–Trinajstić information content (AvgIpc) is 2.73. The van der Waals surface area contributed by atoms with Crippen molar-refractivity contribution < 1.29 is 9.59 Å². The molecule has 1 aromatic heterocycles. The van der Waals surface area contributed by atoms with Crippen LogP contribution >= 0.6 is 0 Å².